The van der Waals surface area contributed by atoms with Gasteiger partial charge in [0.1, 0.15) is 12.2 Å². The van der Waals surface area contributed by atoms with Crippen molar-refractivity contribution in [3.05, 3.63) is 58.9 Å². The van der Waals surface area contributed by atoms with Crippen LogP contribution in [0.3, 0.4) is 0 Å². The summed E-state index contributed by atoms with van der Waals surface area (Å²) in [5, 5.41) is 1.87. The highest BCUT2D eigenvalue weighted by Crippen LogP contribution is 2.32. The van der Waals surface area contributed by atoms with E-state index in [-0.39, 0.29) is 13.3 Å². The maximum absolute atomic E-state index is 12.6. The fourth-order valence-corrected chi connectivity index (χ4v) is 3.70. The minimum absolute atomic E-state index is 0.0329. The minimum Gasteiger partial charge on any atom is -0.454 e. The maximum Gasteiger partial charge on any atom is 0.269 e. The summed E-state index contributed by atoms with van der Waals surface area (Å²) in [5.74, 6) is 0.805. The third-order valence-corrected chi connectivity index (χ3v) is 5.15. The van der Waals surface area contributed by atoms with Crippen LogP contribution in [0.4, 0.5) is 0 Å². The zero-order valence-electron chi connectivity index (χ0n) is 15.5. The molecular weight excluding hydrogens is 406 g/mol. The van der Waals surface area contributed by atoms with E-state index in [9.17, 15) is 9.59 Å². The first-order chi connectivity index (χ1) is 14.7. The summed E-state index contributed by atoms with van der Waals surface area (Å²) in [5.41, 5.74) is 9.18. The first-order valence-electron chi connectivity index (χ1n) is 9.02. The van der Waals surface area contributed by atoms with Crippen molar-refractivity contribution in [1.82, 2.24) is 25.4 Å². The molecule has 4 aromatic rings. The molecule has 2 aromatic carbocycles. The second-order valence-electron chi connectivity index (χ2n) is 6.45. The van der Waals surface area contributed by atoms with E-state index in [4.69, 9.17) is 9.47 Å². The highest BCUT2D eigenvalue weighted by atomic mass is 32.1. The molecule has 0 fully saturated rings. The van der Waals surface area contributed by atoms with Gasteiger partial charge in [0, 0.05) is 10.9 Å². The Labute approximate surface area is 174 Å². The van der Waals surface area contributed by atoms with Crippen LogP contribution in [-0.4, -0.2) is 33.1 Å². The number of hydrazine groups is 1. The third kappa shape index (κ3) is 3.33. The molecule has 0 spiro atoms. The average Bonchev–Trinajstić information content (AvgIpc) is 3.51. The molecule has 1 aliphatic rings. The van der Waals surface area contributed by atoms with Gasteiger partial charge < -0.3 is 14.0 Å². The van der Waals surface area contributed by atoms with Crippen molar-refractivity contribution in [2.75, 3.05) is 6.79 Å². The molecule has 3 heterocycles. The first-order valence-corrected chi connectivity index (χ1v) is 9.96. The number of nitrogens with one attached hydrogen (secondary N) is 2. The molecule has 9 nitrogen and oxygen atoms in total. The quantitative estimate of drug-likeness (QED) is 0.490. The Bertz CT molecular complexity index is 1250. The Hall–Kier alpha value is -3.92. The molecule has 30 heavy (non-hydrogen) atoms. The lowest BCUT2D eigenvalue weighted by Crippen LogP contribution is -2.43. The van der Waals surface area contributed by atoms with Gasteiger partial charge in [-0.05, 0) is 30.3 Å². The van der Waals surface area contributed by atoms with Crippen molar-refractivity contribution in [1.29, 1.82) is 0 Å². The van der Waals surface area contributed by atoms with E-state index in [1.54, 1.807) is 28.3 Å². The SMILES string of the molecule is O=C(Cn1c(-c2cscn2)nc2ccccc21)NNC(=O)c1ccc2c(c1)OCO2. The smallest absolute Gasteiger partial charge is 0.269 e. The molecule has 0 unspecified atom stereocenters. The highest BCUT2D eigenvalue weighted by molar-refractivity contribution is 7.07. The van der Waals surface area contributed by atoms with Crippen LogP contribution in [0.25, 0.3) is 22.6 Å². The molecule has 150 valence electrons. The molecule has 0 saturated carbocycles. The largest absolute Gasteiger partial charge is 0.454 e. The Kier molecular flexibility index (Phi) is 4.52. The summed E-state index contributed by atoms with van der Waals surface area (Å²) < 4.78 is 12.3. The number of rotatable bonds is 4. The molecule has 1 aliphatic heterocycles. The standard InChI is InChI=1S/C20H15N5O4S/c26-18(23-24-20(27)12-5-6-16-17(7-12)29-11-28-16)8-25-15-4-2-1-3-13(15)22-19(25)14-9-30-10-21-14/h1-7,9-10H,8,11H2,(H,23,26)(H,24,27). The van der Waals surface area contributed by atoms with Crippen molar-refractivity contribution in [2.45, 2.75) is 6.54 Å². The molecule has 0 bridgehead atoms. The van der Waals surface area contributed by atoms with E-state index in [0.717, 1.165) is 11.0 Å². The topological polar surface area (TPSA) is 107 Å². The van der Waals surface area contributed by atoms with Gasteiger partial charge in [-0.1, -0.05) is 12.1 Å². The maximum atomic E-state index is 12.6. The first kappa shape index (κ1) is 18.1. The molecule has 2 N–H and O–H groups in total. The van der Waals surface area contributed by atoms with Gasteiger partial charge in [0.25, 0.3) is 11.8 Å². The van der Waals surface area contributed by atoms with Crippen molar-refractivity contribution in [3.63, 3.8) is 0 Å². The number of para-hydroxylation sites is 2. The molecule has 2 aromatic heterocycles. The lowest BCUT2D eigenvalue weighted by molar-refractivity contribution is -0.122. The highest BCUT2D eigenvalue weighted by Gasteiger charge is 2.18. The summed E-state index contributed by atoms with van der Waals surface area (Å²) in [6.45, 7) is 0.0894. The van der Waals surface area contributed by atoms with Crippen molar-refractivity contribution in [2.24, 2.45) is 0 Å². The fraction of sp³-hybridized carbons (Fsp3) is 0.100. The summed E-state index contributed by atoms with van der Waals surface area (Å²) in [4.78, 5) is 33.8. The van der Waals surface area contributed by atoms with Crippen LogP contribution in [0.5, 0.6) is 11.5 Å². The number of aromatic nitrogens is 3. The van der Waals surface area contributed by atoms with Crippen LogP contribution in [0.15, 0.2) is 53.4 Å². The average molecular weight is 421 g/mol. The number of fused-ring (bicyclic) bond motifs is 2. The number of hydrogen-bond donors (Lipinski definition) is 2. The van der Waals surface area contributed by atoms with Crippen LogP contribution in [0.1, 0.15) is 10.4 Å². The van der Waals surface area contributed by atoms with Crippen LogP contribution < -0.4 is 20.3 Å². The zero-order chi connectivity index (χ0) is 20.5. The number of imidazole rings is 1. The number of ether oxygens (including phenoxy) is 2. The predicted molar refractivity (Wildman–Crippen MR) is 109 cm³/mol. The van der Waals surface area contributed by atoms with Gasteiger partial charge in [0.15, 0.2) is 17.3 Å². The fourth-order valence-electron chi connectivity index (χ4n) is 3.17. The number of carbonyl (C=O) groups excluding carboxylic acids is 2. The summed E-state index contributed by atoms with van der Waals surface area (Å²) in [6, 6.07) is 12.3. The molecule has 0 atom stereocenters. The number of carbonyl (C=O) groups is 2. The van der Waals surface area contributed by atoms with Gasteiger partial charge in [-0.15, -0.1) is 11.3 Å². The Morgan fingerprint density at radius 2 is 1.97 bits per heavy atom. The number of amides is 2. The van der Waals surface area contributed by atoms with Gasteiger partial charge in [-0.25, -0.2) is 9.97 Å². The molecule has 5 rings (SSSR count). The number of nitrogens with zero attached hydrogens (tertiary/aromatic N) is 3. The molecule has 0 aliphatic carbocycles. The lowest BCUT2D eigenvalue weighted by atomic mass is 10.2. The normalized spacial score (nSPS) is 12.1. The van der Waals surface area contributed by atoms with E-state index < -0.39 is 11.8 Å². The summed E-state index contributed by atoms with van der Waals surface area (Å²) >= 11 is 1.45. The van der Waals surface area contributed by atoms with Gasteiger partial charge in [0.05, 0.1) is 16.5 Å². The molecule has 10 heteroatoms. The van der Waals surface area contributed by atoms with Gasteiger partial charge in [0.2, 0.25) is 6.79 Å². The van der Waals surface area contributed by atoms with Crippen LogP contribution in [0, 0.1) is 0 Å². The third-order valence-electron chi connectivity index (χ3n) is 4.57. The second-order valence-corrected chi connectivity index (χ2v) is 7.17. The van der Waals surface area contributed by atoms with Crippen LogP contribution >= 0.6 is 11.3 Å². The van der Waals surface area contributed by atoms with Gasteiger partial charge in [-0.3, -0.25) is 20.4 Å². The van der Waals surface area contributed by atoms with Crippen LogP contribution in [-0.2, 0) is 11.3 Å². The molecule has 0 radical (unpaired) electrons. The van der Waals surface area contributed by atoms with E-state index in [0.29, 0.717) is 28.6 Å². The Morgan fingerprint density at radius 1 is 1.10 bits per heavy atom. The zero-order valence-corrected chi connectivity index (χ0v) is 16.3. The summed E-state index contributed by atoms with van der Waals surface area (Å²) in [6.07, 6.45) is 0. The Morgan fingerprint density at radius 3 is 2.83 bits per heavy atom. The molecule has 0 saturated heterocycles. The van der Waals surface area contributed by atoms with E-state index in [1.807, 2.05) is 29.6 Å². The number of thiazole rings is 1. The predicted octanol–water partition coefficient (Wildman–Crippen LogP) is 2.35. The van der Waals surface area contributed by atoms with E-state index in [2.05, 4.69) is 20.8 Å². The Balaban J connectivity index is 1.32. The van der Waals surface area contributed by atoms with E-state index >= 15 is 0 Å². The van der Waals surface area contributed by atoms with Crippen molar-refractivity contribution in [3.8, 4) is 23.0 Å². The lowest BCUT2D eigenvalue weighted by Gasteiger charge is -2.10. The molecular formula is C20H15N5O4S. The van der Waals surface area contributed by atoms with Gasteiger partial charge in [-0.2, -0.15) is 0 Å². The van der Waals surface area contributed by atoms with E-state index in [1.165, 1.54) is 11.3 Å². The minimum atomic E-state index is -0.461. The second kappa shape index (κ2) is 7.48. The molecule has 2 amide bonds. The monoisotopic (exact) mass is 421 g/mol. The van der Waals surface area contributed by atoms with Crippen molar-refractivity contribution < 1.29 is 19.1 Å². The van der Waals surface area contributed by atoms with Crippen molar-refractivity contribution >= 4 is 34.2 Å². The number of hydrogen-bond acceptors (Lipinski definition) is 7. The van der Waals surface area contributed by atoms with Crippen LogP contribution in [0.2, 0.25) is 0 Å². The van der Waals surface area contributed by atoms with Gasteiger partial charge >= 0.3 is 0 Å². The summed E-state index contributed by atoms with van der Waals surface area (Å²) in [7, 11) is 0. The number of benzene rings is 2.